The fourth-order valence-corrected chi connectivity index (χ4v) is 3.65. The van der Waals surface area contributed by atoms with E-state index in [2.05, 4.69) is 5.32 Å². The second kappa shape index (κ2) is 10.8. The predicted molar refractivity (Wildman–Crippen MR) is 123 cm³/mol. The van der Waals surface area contributed by atoms with E-state index in [1.807, 2.05) is 72.4 Å². The molecule has 0 bridgehead atoms. The summed E-state index contributed by atoms with van der Waals surface area (Å²) in [6.45, 7) is 3.84. The van der Waals surface area contributed by atoms with Crippen LogP contribution in [0.5, 0.6) is 5.75 Å². The molecule has 7 nitrogen and oxygen atoms in total. The van der Waals surface area contributed by atoms with E-state index in [-0.39, 0.29) is 11.8 Å². The van der Waals surface area contributed by atoms with Gasteiger partial charge in [-0.2, -0.15) is 0 Å². The summed E-state index contributed by atoms with van der Waals surface area (Å²) in [6.07, 6.45) is 0.309. The molecule has 7 heteroatoms. The number of benzene rings is 2. The number of carbonyl (C=O) groups is 2. The highest BCUT2D eigenvalue weighted by atomic mass is 16.5. The minimum Gasteiger partial charge on any atom is -0.497 e. The molecule has 1 aliphatic rings. The lowest BCUT2D eigenvalue weighted by molar-refractivity contribution is -0.132. The molecule has 1 N–H and O–H groups in total. The molecule has 0 aliphatic carbocycles. The number of hydrogen-bond donors (Lipinski definition) is 1. The zero-order chi connectivity index (χ0) is 22.2. The quantitative estimate of drug-likeness (QED) is 0.704. The number of methoxy groups -OCH3 is 1. The topological polar surface area (TPSA) is 65.1 Å². The van der Waals surface area contributed by atoms with Crippen LogP contribution in [0.15, 0.2) is 48.5 Å². The first-order valence-electron chi connectivity index (χ1n) is 10.7. The Labute approximate surface area is 184 Å². The summed E-state index contributed by atoms with van der Waals surface area (Å²) in [5, 5.41) is 3.26. The molecule has 3 rings (SSSR count). The maximum absolute atomic E-state index is 13.4. The molecule has 1 heterocycles. The van der Waals surface area contributed by atoms with Crippen LogP contribution < -0.4 is 15.0 Å². The largest absolute Gasteiger partial charge is 0.497 e. The molecule has 0 unspecified atom stereocenters. The summed E-state index contributed by atoms with van der Waals surface area (Å²) >= 11 is 0. The molecule has 1 fully saturated rings. The van der Waals surface area contributed by atoms with Crippen molar-refractivity contribution in [3.8, 4) is 5.75 Å². The van der Waals surface area contributed by atoms with Crippen LogP contribution in [0.25, 0.3) is 0 Å². The fraction of sp³-hybridized carbons (Fsp3) is 0.417. The molecule has 0 atom stereocenters. The van der Waals surface area contributed by atoms with Crippen LogP contribution in [0.4, 0.5) is 5.69 Å². The number of carbonyl (C=O) groups excluding carboxylic acids is 2. The predicted octanol–water partition coefficient (Wildman–Crippen LogP) is 2.23. The number of hydrogen-bond acceptors (Lipinski definition) is 5. The Morgan fingerprint density at radius 1 is 1.06 bits per heavy atom. The van der Waals surface area contributed by atoms with Gasteiger partial charge < -0.3 is 24.8 Å². The van der Waals surface area contributed by atoms with Crippen LogP contribution >= 0.6 is 0 Å². The number of rotatable bonds is 8. The monoisotopic (exact) mass is 424 g/mol. The maximum Gasteiger partial charge on any atom is 0.254 e. The molecule has 2 aromatic rings. The van der Waals surface area contributed by atoms with Crippen molar-refractivity contribution in [2.24, 2.45) is 0 Å². The molecular weight excluding hydrogens is 392 g/mol. The number of ether oxygens (including phenoxy) is 1. The summed E-state index contributed by atoms with van der Waals surface area (Å²) in [5.41, 5.74) is 2.54. The van der Waals surface area contributed by atoms with Crippen LogP contribution in [0.2, 0.25) is 0 Å². The van der Waals surface area contributed by atoms with Gasteiger partial charge in [-0.1, -0.05) is 18.2 Å². The first-order chi connectivity index (χ1) is 15.0. The van der Waals surface area contributed by atoms with Crippen molar-refractivity contribution in [3.63, 3.8) is 0 Å². The second-order valence-electron chi connectivity index (χ2n) is 7.90. The summed E-state index contributed by atoms with van der Waals surface area (Å²) in [6, 6.07) is 15.3. The molecular formula is C24H32N4O3. The van der Waals surface area contributed by atoms with E-state index in [0.29, 0.717) is 38.2 Å². The second-order valence-corrected chi connectivity index (χ2v) is 7.90. The Balaban J connectivity index is 1.78. The first-order valence-corrected chi connectivity index (χ1v) is 10.7. The van der Waals surface area contributed by atoms with E-state index in [0.717, 1.165) is 30.1 Å². The molecule has 0 radical (unpaired) electrons. The van der Waals surface area contributed by atoms with Gasteiger partial charge in [0.2, 0.25) is 5.91 Å². The molecule has 2 amide bonds. The fourth-order valence-electron chi connectivity index (χ4n) is 3.65. The molecule has 0 aromatic heterocycles. The van der Waals surface area contributed by atoms with Gasteiger partial charge in [0.25, 0.3) is 5.91 Å². The third kappa shape index (κ3) is 6.21. The van der Waals surface area contributed by atoms with Crippen molar-refractivity contribution in [2.45, 2.75) is 13.0 Å². The first kappa shape index (κ1) is 22.6. The summed E-state index contributed by atoms with van der Waals surface area (Å²) in [4.78, 5) is 31.7. The normalized spacial score (nSPS) is 13.6. The van der Waals surface area contributed by atoms with Gasteiger partial charge in [-0.05, 0) is 35.9 Å². The average molecular weight is 425 g/mol. The van der Waals surface area contributed by atoms with Gasteiger partial charge >= 0.3 is 0 Å². The minimum atomic E-state index is -0.0837. The van der Waals surface area contributed by atoms with Crippen molar-refractivity contribution in [2.75, 3.05) is 58.8 Å². The van der Waals surface area contributed by atoms with Gasteiger partial charge in [-0.3, -0.25) is 9.59 Å². The number of nitrogens with zero attached hydrogens (tertiary/aromatic N) is 3. The van der Waals surface area contributed by atoms with E-state index in [4.69, 9.17) is 4.74 Å². The van der Waals surface area contributed by atoms with E-state index >= 15 is 0 Å². The number of anilines is 1. The van der Waals surface area contributed by atoms with Gasteiger partial charge in [0, 0.05) is 71.0 Å². The Kier molecular flexibility index (Phi) is 7.89. The van der Waals surface area contributed by atoms with E-state index in [1.165, 1.54) is 0 Å². The summed E-state index contributed by atoms with van der Waals surface area (Å²) in [5.74, 6) is 0.753. The standard InChI is InChI=1S/C24H32N4O3/c1-26(2)21-8-5-7-20(17-21)24(30)28(18-19-6-4-9-22(16-19)31-3)13-10-23(29)27-14-11-25-12-15-27/h4-9,16-17,25H,10-15,18H2,1-3H3. The zero-order valence-electron chi connectivity index (χ0n) is 18.6. The highest BCUT2D eigenvalue weighted by Gasteiger charge is 2.21. The summed E-state index contributed by atoms with van der Waals surface area (Å²) in [7, 11) is 5.52. The van der Waals surface area contributed by atoms with Crippen molar-refractivity contribution in [1.82, 2.24) is 15.1 Å². The van der Waals surface area contributed by atoms with Gasteiger partial charge in [-0.25, -0.2) is 0 Å². The lowest BCUT2D eigenvalue weighted by Crippen LogP contribution is -2.47. The highest BCUT2D eigenvalue weighted by Crippen LogP contribution is 2.19. The van der Waals surface area contributed by atoms with Crippen LogP contribution in [0, 0.1) is 0 Å². The number of amides is 2. The van der Waals surface area contributed by atoms with Crippen molar-refractivity contribution >= 4 is 17.5 Å². The number of nitrogens with one attached hydrogen (secondary N) is 1. The Morgan fingerprint density at radius 3 is 2.52 bits per heavy atom. The zero-order valence-corrected chi connectivity index (χ0v) is 18.6. The van der Waals surface area contributed by atoms with Gasteiger partial charge in [0.15, 0.2) is 0 Å². The van der Waals surface area contributed by atoms with Crippen LogP contribution in [0.3, 0.4) is 0 Å². The van der Waals surface area contributed by atoms with E-state index < -0.39 is 0 Å². The van der Waals surface area contributed by atoms with Gasteiger partial charge in [0.1, 0.15) is 5.75 Å². The number of piperazine rings is 1. The van der Waals surface area contributed by atoms with Gasteiger partial charge in [-0.15, -0.1) is 0 Å². The molecule has 31 heavy (non-hydrogen) atoms. The molecule has 1 aliphatic heterocycles. The molecule has 1 saturated heterocycles. The van der Waals surface area contributed by atoms with Crippen LogP contribution in [0.1, 0.15) is 22.3 Å². The third-order valence-corrected chi connectivity index (χ3v) is 5.47. The van der Waals surface area contributed by atoms with Crippen molar-refractivity contribution in [3.05, 3.63) is 59.7 Å². The smallest absolute Gasteiger partial charge is 0.254 e. The lowest BCUT2D eigenvalue weighted by Gasteiger charge is -2.29. The van der Waals surface area contributed by atoms with Crippen LogP contribution in [-0.4, -0.2) is 75.5 Å². The summed E-state index contributed by atoms with van der Waals surface area (Å²) < 4.78 is 5.33. The van der Waals surface area contributed by atoms with E-state index in [1.54, 1.807) is 12.0 Å². The Hall–Kier alpha value is -3.06. The lowest BCUT2D eigenvalue weighted by atomic mass is 10.1. The van der Waals surface area contributed by atoms with Crippen molar-refractivity contribution < 1.29 is 14.3 Å². The molecule has 166 valence electrons. The molecule has 0 saturated carbocycles. The third-order valence-electron chi connectivity index (χ3n) is 5.47. The Morgan fingerprint density at radius 2 is 1.81 bits per heavy atom. The van der Waals surface area contributed by atoms with E-state index in [9.17, 15) is 9.59 Å². The maximum atomic E-state index is 13.4. The highest BCUT2D eigenvalue weighted by molar-refractivity contribution is 5.95. The van der Waals surface area contributed by atoms with Crippen LogP contribution in [-0.2, 0) is 11.3 Å². The average Bonchev–Trinajstić information content (AvgIpc) is 2.81. The van der Waals surface area contributed by atoms with Gasteiger partial charge in [0.05, 0.1) is 7.11 Å². The molecule has 2 aromatic carbocycles. The van der Waals surface area contributed by atoms with Crippen molar-refractivity contribution in [1.29, 1.82) is 0 Å². The molecule has 0 spiro atoms. The minimum absolute atomic E-state index is 0.0837. The SMILES string of the molecule is COc1cccc(CN(CCC(=O)N2CCNCC2)C(=O)c2cccc(N(C)C)c2)c1. The Bertz CT molecular complexity index is 894.